The average Bonchev–Trinajstić information content (AvgIpc) is 2.79. The van der Waals surface area contributed by atoms with E-state index in [-0.39, 0.29) is 37.9 Å². The van der Waals surface area contributed by atoms with Gasteiger partial charge in [-0.1, -0.05) is 18.2 Å². The number of benzene rings is 1. The monoisotopic (exact) mass is 371 g/mol. The predicted octanol–water partition coefficient (Wildman–Crippen LogP) is 2.21. The van der Waals surface area contributed by atoms with Crippen LogP contribution in [-0.2, 0) is 4.79 Å². The molecule has 1 aromatic carbocycles. The maximum Gasteiger partial charge on any atom is 0.401 e. The number of nitrogens with one attached hydrogen (secondary N) is 1. The number of hydrogen-bond donors (Lipinski definition) is 1. The summed E-state index contributed by atoms with van der Waals surface area (Å²) in [7, 11) is 0. The van der Waals surface area contributed by atoms with Crippen molar-refractivity contribution < 1.29 is 22.8 Å². The summed E-state index contributed by atoms with van der Waals surface area (Å²) in [5.41, 5.74) is 1.42. The molecule has 0 aromatic heterocycles. The van der Waals surface area contributed by atoms with Crippen LogP contribution in [0.5, 0.6) is 0 Å². The van der Waals surface area contributed by atoms with Gasteiger partial charge in [-0.2, -0.15) is 13.2 Å². The fraction of sp³-hybridized carbons (Fsp3) is 0.556. The van der Waals surface area contributed by atoms with Crippen LogP contribution in [0.25, 0.3) is 0 Å². The van der Waals surface area contributed by atoms with Crippen molar-refractivity contribution in [2.45, 2.75) is 25.9 Å². The van der Waals surface area contributed by atoms with Gasteiger partial charge in [0.15, 0.2) is 0 Å². The molecule has 26 heavy (non-hydrogen) atoms. The Kier molecular flexibility index (Phi) is 7.02. The summed E-state index contributed by atoms with van der Waals surface area (Å²) >= 11 is 0. The molecule has 5 nitrogen and oxygen atoms in total. The Morgan fingerprint density at radius 2 is 1.85 bits per heavy atom. The molecule has 0 unspecified atom stereocenters. The van der Waals surface area contributed by atoms with Crippen molar-refractivity contribution in [3.8, 4) is 0 Å². The van der Waals surface area contributed by atoms with Crippen molar-refractivity contribution in [3.05, 3.63) is 35.4 Å². The maximum atomic E-state index is 12.5. The van der Waals surface area contributed by atoms with Crippen LogP contribution in [0, 0.1) is 6.92 Å². The smallest absolute Gasteiger partial charge is 0.352 e. The van der Waals surface area contributed by atoms with Gasteiger partial charge in [-0.05, 0) is 25.0 Å². The number of alkyl halides is 3. The van der Waals surface area contributed by atoms with E-state index >= 15 is 0 Å². The highest BCUT2D eigenvalue weighted by Crippen LogP contribution is 2.17. The lowest BCUT2D eigenvalue weighted by Crippen LogP contribution is -2.39. The van der Waals surface area contributed by atoms with Gasteiger partial charge in [0.2, 0.25) is 5.91 Å². The molecule has 2 amide bonds. The third-order valence-corrected chi connectivity index (χ3v) is 4.36. The Morgan fingerprint density at radius 3 is 2.54 bits per heavy atom. The lowest BCUT2D eigenvalue weighted by Gasteiger charge is -2.22. The first-order valence-electron chi connectivity index (χ1n) is 8.67. The van der Waals surface area contributed by atoms with Crippen molar-refractivity contribution in [2.75, 3.05) is 39.3 Å². The molecule has 8 heteroatoms. The topological polar surface area (TPSA) is 52.7 Å². The quantitative estimate of drug-likeness (QED) is 0.864. The molecule has 1 N–H and O–H groups in total. The minimum Gasteiger partial charge on any atom is -0.352 e. The molecule has 1 aliphatic heterocycles. The Hall–Kier alpha value is -2.09. The number of hydrogen-bond acceptors (Lipinski definition) is 3. The third-order valence-electron chi connectivity index (χ3n) is 4.36. The fourth-order valence-corrected chi connectivity index (χ4v) is 3.00. The van der Waals surface area contributed by atoms with Gasteiger partial charge in [0.1, 0.15) is 0 Å². The zero-order chi connectivity index (χ0) is 19.2. The molecule has 0 radical (unpaired) electrons. The summed E-state index contributed by atoms with van der Waals surface area (Å²) in [5.74, 6) is -0.382. The molecule has 1 heterocycles. The van der Waals surface area contributed by atoms with Crippen molar-refractivity contribution >= 4 is 11.8 Å². The normalized spacial score (nSPS) is 16.2. The molecule has 1 aliphatic rings. The van der Waals surface area contributed by atoms with Crippen LogP contribution in [0.15, 0.2) is 24.3 Å². The van der Waals surface area contributed by atoms with Crippen LogP contribution in [0.1, 0.15) is 28.8 Å². The van der Waals surface area contributed by atoms with Crippen LogP contribution in [0.4, 0.5) is 13.2 Å². The number of carbonyl (C=O) groups is 2. The highest BCUT2D eigenvalue weighted by Gasteiger charge is 2.31. The summed E-state index contributed by atoms with van der Waals surface area (Å²) in [6.45, 7) is 2.36. The summed E-state index contributed by atoms with van der Waals surface area (Å²) < 4.78 is 37.4. The second-order valence-electron chi connectivity index (χ2n) is 6.45. The van der Waals surface area contributed by atoms with Crippen molar-refractivity contribution in [2.24, 2.45) is 0 Å². The fourth-order valence-electron chi connectivity index (χ4n) is 3.00. The molecule has 0 spiro atoms. The van der Waals surface area contributed by atoms with Gasteiger partial charge in [-0.15, -0.1) is 0 Å². The minimum atomic E-state index is -4.22. The SMILES string of the molecule is Cc1ccccc1C(=O)NCCC(=O)N1CCCN(CC(F)(F)F)CC1. The second kappa shape index (κ2) is 9.02. The minimum absolute atomic E-state index is 0.136. The molecular formula is C18H24F3N3O2. The third kappa shape index (κ3) is 6.33. The van der Waals surface area contributed by atoms with Crippen molar-refractivity contribution in [1.29, 1.82) is 0 Å². The van der Waals surface area contributed by atoms with Crippen LogP contribution in [0.3, 0.4) is 0 Å². The van der Waals surface area contributed by atoms with Gasteiger partial charge >= 0.3 is 6.18 Å². The van der Waals surface area contributed by atoms with Gasteiger partial charge < -0.3 is 10.2 Å². The highest BCUT2D eigenvalue weighted by atomic mass is 19.4. The second-order valence-corrected chi connectivity index (χ2v) is 6.45. The van der Waals surface area contributed by atoms with E-state index in [1.165, 1.54) is 4.90 Å². The molecular weight excluding hydrogens is 347 g/mol. The summed E-state index contributed by atoms with van der Waals surface area (Å²) in [4.78, 5) is 27.3. The van der Waals surface area contributed by atoms with Crippen LogP contribution < -0.4 is 5.32 Å². The first-order chi connectivity index (χ1) is 12.3. The molecule has 0 atom stereocenters. The number of halogens is 3. The van der Waals surface area contributed by atoms with Gasteiger partial charge in [-0.25, -0.2) is 0 Å². The van der Waals surface area contributed by atoms with Crippen LogP contribution in [-0.4, -0.2) is 67.1 Å². The molecule has 2 rings (SSSR count). The first kappa shape index (κ1) is 20.2. The van der Waals surface area contributed by atoms with Gasteiger partial charge in [0, 0.05) is 44.7 Å². The van der Waals surface area contributed by atoms with E-state index in [9.17, 15) is 22.8 Å². The van der Waals surface area contributed by atoms with E-state index in [1.54, 1.807) is 17.0 Å². The molecule has 1 saturated heterocycles. The Balaban J connectivity index is 1.76. The number of rotatable bonds is 5. The largest absolute Gasteiger partial charge is 0.401 e. The number of nitrogens with zero attached hydrogens (tertiary/aromatic N) is 2. The summed E-state index contributed by atoms with van der Waals surface area (Å²) in [5, 5.41) is 2.72. The first-order valence-corrected chi connectivity index (χ1v) is 8.67. The van der Waals surface area contributed by atoms with E-state index in [2.05, 4.69) is 5.32 Å². The molecule has 0 bridgehead atoms. The predicted molar refractivity (Wildman–Crippen MR) is 91.8 cm³/mol. The Bertz CT molecular complexity index is 634. The zero-order valence-corrected chi connectivity index (χ0v) is 14.8. The van der Waals surface area contributed by atoms with Crippen LogP contribution in [0.2, 0.25) is 0 Å². The number of aryl methyl sites for hydroxylation is 1. The number of carbonyl (C=O) groups excluding carboxylic acids is 2. The molecule has 0 aliphatic carbocycles. The standard InChI is InChI=1S/C18H24F3N3O2/c1-14-5-2-3-6-15(14)17(26)22-8-7-16(25)24-10-4-9-23(11-12-24)13-18(19,20)21/h2-3,5-6H,4,7-13H2,1H3,(H,22,26). The maximum absolute atomic E-state index is 12.5. The lowest BCUT2D eigenvalue weighted by molar-refractivity contribution is -0.145. The Morgan fingerprint density at radius 1 is 1.12 bits per heavy atom. The van der Waals surface area contributed by atoms with E-state index in [0.29, 0.717) is 25.1 Å². The van der Waals surface area contributed by atoms with Gasteiger partial charge in [0.25, 0.3) is 5.91 Å². The molecule has 144 valence electrons. The molecule has 1 fully saturated rings. The van der Waals surface area contributed by atoms with Crippen molar-refractivity contribution in [3.63, 3.8) is 0 Å². The summed E-state index contributed by atoms with van der Waals surface area (Å²) in [6.07, 6.45) is -3.58. The summed E-state index contributed by atoms with van der Waals surface area (Å²) in [6, 6.07) is 7.18. The van der Waals surface area contributed by atoms with Gasteiger partial charge in [0.05, 0.1) is 6.54 Å². The van der Waals surface area contributed by atoms with Gasteiger partial charge in [-0.3, -0.25) is 14.5 Å². The van der Waals surface area contributed by atoms with Crippen molar-refractivity contribution in [1.82, 2.24) is 15.1 Å². The van der Waals surface area contributed by atoms with E-state index < -0.39 is 12.7 Å². The Labute approximate surface area is 151 Å². The van der Waals surface area contributed by atoms with E-state index in [0.717, 1.165) is 5.56 Å². The van der Waals surface area contributed by atoms with Crippen LogP contribution >= 0.6 is 0 Å². The molecule has 0 saturated carbocycles. The zero-order valence-electron chi connectivity index (χ0n) is 14.8. The number of amides is 2. The highest BCUT2D eigenvalue weighted by molar-refractivity contribution is 5.95. The molecule has 1 aromatic rings. The lowest BCUT2D eigenvalue weighted by atomic mass is 10.1. The van der Waals surface area contributed by atoms with E-state index in [1.807, 2.05) is 19.1 Å². The van der Waals surface area contributed by atoms with E-state index in [4.69, 9.17) is 0 Å². The average molecular weight is 371 g/mol.